The lowest BCUT2D eigenvalue weighted by molar-refractivity contribution is 0.899. The van der Waals surface area contributed by atoms with Gasteiger partial charge in [-0.2, -0.15) is 0 Å². The van der Waals surface area contributed by atoms with E-state index >= 15 is 0 Å². The molecule has 1 N–H and O–H groups in total. The van der Waals surface area contributed by atoms with Crippen LogP contribution in [-0.4, -0.2) is 19.9 Å². The van der Waals surface area contributed by atoms with Gasteiger partial charge in [0.2, 0.25) is 0 Å². The highest BCUT2D eigenvalue weighted by Crippen LogP contribution is 2.29. The third-order valence-corrected chi connectivity index (χ3v) is 7.41. The van der Waals surface area contributed by atoms with Gasteiger partial charge < -0.3 is 4.98 Å². The second-order valence-electron chi connectivity index (χ2n) is 8.32. The molecule has 2 aliphatic rings. The Balaban J connectivity index is 0.000000142. The van der Waals surface area contributed by atoms with Gasteiger partial charge in [-0.05, 0) is 62.8 Å². The number of nitrogens with zero attached hydrogens (tertiary/aromatic N) is 3. The van der Waals surface area contributed by atoms with Gasteiger partial charge in [0.1, 0.15) is 11.0 Å². The minimum atomic E-state index is 0.0189. The number of H-pyrrole nitrogens is 1. The SMILES string of the molecule is Clc1nc(-c2ccc(Br)cc2)nc2c1CCC2.O=c1[nH]c(-c2ccc(Br)cc2)nc2c1CCC2. The molecule has 172 valence electrons. The Labute approximate surface area is 219 Å². The average Bonchev–Trinajstić information content (AvgIpc) is 3.50. The third kappa shape index (κ3) is 5.02. The number of benzene rings is 2. The Morgan fingerprint density at radius 1 is 0.706 bits per heavy atom. The first-order chi connectivity index (χ1) is 16.5. The van der Waals surface area contributed by atoms with Gasteiger partial charge in [0, 0.05) is 36.9 Å². The maximum atomic E-state index is 11.9. The number of aromatic amines is 1. The Hall–Kier alpha value is -2.35. The average molecular weight is 601 g/mol. The molecule has 2 aliphatic carbocycles. The van der Waals surface area contributed by atoms with Crippen molar-refractivity contribution in [3.8, 4) is 22.8 Å². The highest BCUT2D eigenvalue weighted by atomic mass is 79.9. The summed E-state index contributed by atoms with van der Waals surface area (Å²) < 4.78 is 2.07. The molecular formula is C26H21Br2ClN4O. The van der Waals surface area contributed by atoms with Crippen LogP contribution in [0.2, 0.25) is 5.15 Å². The highest BCUT2D eigenvalue weighted by Gasteiger charge is 2.19. The van der Waals surface area contributed by atoms with Crippen LogP contribution in [0.5, 0.6) is 0 Å². The summed E-state index contributed by atoms with van der Waals surface area (Å²) in [5, 5.41) is 0.616. The summed E-state index contributed by atoms with van der Waals surface area (Å²) in [5.74, 6) is 1.39. The first-order valence-electron chi connectivity index (χ1n) is 11.2. The zero-order chi connectivity index (χ0) is 23.7. The molecule has 0 bridgehead atoms. The van der Waals surface area contributed by atoms with Gasteiger partial charge in [-0.1, -0.05) is 67.7 Å². The molecule has 0 atom stereocenters. The molecule has 2 aromatic heterocycles. The predicted octanol–water partition coefficient (Wildman–Crippen LogP) is 6.74. The summed E-state index contributed by atoms with van der Waals surface area (Å²) in [5.41, 5.74) is 6.04. The fourth-order valence-electron chi connectivity index (χ4n) is 4.30. The predicted molar refractivity (Wildman–Crippen MR) is 142 cm³/mol. The zero-order valence-corrected chi connectivity index (χ0v) is 22.2. The Kier molecular flexibility index (Phi) is 6.95. The summed E-state index contributed by atoms with van der Waals surface area (Å²) in [6, 6.07) is 15.8. The van der Waals surface area contributed by atoms with Gasteiger partial charge in [0.25, 0.3) is 5.56 Å². The smallest absolute Gasteiger partial charge is 0.254 e. The zero-order valence-electron chi connectivity index (χ0n) is 18.2. The number of aryl methyl sites for hydroxylation is 2. The van der Waals surface area contributed by atoms with Gasteiger partial charge in [0.05, 0.1) is 5.69 Å². The molecule has 6 rings (SSSR count). The van der Waals surface area contributed by atoms with Gasteiger partial charge in [0.15, 0.2) is 5.82 Å². The number of halogens is 3. The lowest BCUT2D eigenvalue weighted by Crippen LogP contribution is -2.15. The Morgan fingerprint density at radius 3 is 1.91 bits per heavy atom. The maximum Gasteiger partial charge on any atom is 0.254 e. The topological polar surface area (TPSA) is 71.5 Å². The molecule has 8 heteroatoms. The number of rotatable bonds is 2. The van der Waals surface area contributed by atoms with E-state index in [-0.39, 0.29) is 5.56 Å². The molecular weight excluding hydrogens is 580 g/mol. The number of aromatic nitrogens is 4. The van der Waals surface area contributed by atoms with E-state index in [4.69, 9.17) is 11.6 Å². The van der Waals surface area contributed by atoms with Crippen LogP contribution in [0.3, 0.4) is 0 Å². The fourth-order valence-corrected chi connectivity index (χ4v) is 5.11. The summed E-state index contributed by atoms with van der Waals surface area (Å²) in [7, 11) is 0. The van der Waals surface area contributed by atoms with Crippen molar-refractivity contribution in [3.05, 3.63) is 95.5 Å². The molecule has 0 unspecified atom stereocenters. The van der Waals surface area contributed by atoms with Gasteiger partial charge in [-0.3, -0.25) is 4.79 Å². The van der Waals surface area contributed by atoms with E-state index in [1.54, 1.807) is 0 Å². The van der Waals surface area contributed by atoms with Gasteiger partial charge in [-0.25, -0.2) is 15.0 Å². The number of fused-ring (bicyclic) bond motifs is 2. The maximum absolute atomic E-state index is 11.9. The van der Waals surface area contributed by atoms with E-state index in [1.807, 2.05) is 48.5 Å². The standard InChI is InChI=1S/C13H10BrClN2.C13H11BrN2O/c14-9-6-4-8(5-7-9)13-16-11-3-1-2-10(11)12(15)17-13;14-9-6-4-8(5-7-9)12-15-11-3-1-2-10(11)13(17)16-12/h4-7H,1-3H2;4-7H,1-3H2,(H,15,16,17). The quantitative estimate of drug-likeness (QED) is 0.259. The lowest BCUT2D eigenvalue weighted by atomic mass is 10.2. The van der Waals surface area contributed by atoms with Crippen molar-refractivity contribution in [1.82, 2.24) is 19.9 Å². The molecule has 0 saturated heterocycles. The molecule has 5 nitrogen and oxygen atoms in total. The molecule has 34 heavy (non-hydrogen) atoms. The molecule has 2 aromatic carbocycles. The van der Waals surface area contributed by atoms with Crippen molar-refractivity contribution in [2.75, 3.05) is 0 Å². The number of hydrogen-bond donors (Lipinski definition) is 1. The van der Waals surface area contributed by atoms with E-state index in [0.717, 1.165) is 86.9 Å². The molecule has 0 saturated carbocycles. The van der Waals surface area contributed by atoms with E-state index in [2.05, 4.69) is 51.8 Å². The van der Waals surface area contributed by atoms with E-state index in [1.165, 1.54) is 0 Å². The molecule has 0 amide bonds. The van der Waals surface area contributed by atoms with Crippen molar-refractivity contribution >= 4 is 43.5 Å². The molecule has 0 aliphatic heterocycles. The Bertz CT molecular complexity index is 1400. The molecule has 0 spiro atoms. The number of nitrogens with one attached hydrogen (secondary N) is 1. The number of hydrogen-bond acceptors (Lipinski definition) is 4. The fraction of sp³-hybridized carbons (Fsp3) is 0.231. The minimum Gasteiger partial charge on any atom is -0.306 e. The van der Waals surface area contributed by atoms with Crippen molar-refractivity contribution in [3.63, 3.8) is 0 Å². The van der Waals surface area contributed by atoms with E-state index in [0.29, 0.717) is 11.0 Å². The van der Waals surface area contributed by atoms with Crippen LogP contribution in [-0.2, 0) is 25.7 Å². The van der Waals surface area contributed by atoms with Crippen molar-refractivity contribution < 1.29 is 0 Å². The van der Waals surface area contributed by atoms with Crippen LogP contribution in [0.4, 0.5) is 0 Å². The second-order valence-corrected chi connectivity index (χ2v) is 10.5. The monoisotopic (exact) mass is 598 g/mol. The molecule has 2 heterocycles. The van der Waals surface area contributed by atoms with E-state index < -0.39 is 0 Å². The van der Waals surface area contributed by atoms with E-state index in [9.17, 15) is 4.79 Å². The minimum absolute atomic E-state index is 0.0189. The normalized spacial score (nSPS) is 13.7. The third-order valence-electron chi connectivity index (χ3n) is 6.04. The first kappa shape index (κ1) is 23.4. The summed E-state index contributed by atoms with van der Waals surface area (Å²) >= 11 is 13.0. The van der Waals surface area contributed by atoms with Crippen LogP contribution in [0.1, 0.15) is 35.4 Å². The largest absolute Gasteiger partial charge is 0.306 e. The molecule has 0 radical (unpaired) electrons. The second kappa shape index (κ2) is 10.1. The lowest BCUT2D eigenvalue weighted by Gasteiger charge is -2.05. The van der Waals surface area contributed by atoms with Gasteiger partial charge in [-0.15, -0.1) is 0 Å². The van der Waals surface area contributed by atoms with Crippen LogP contribution >= 0.6 is 43.5 Å². The summed E-state index contributed by atoms with van der Waals surface area (Å²) in [4.78, 5) is 28.3. The van der Waals surface area contributed by atoms with Crippen LogP contribution in [0.25, 0.3) is 22.8 Å². The Morgan fingerprint density at radius 2 is 1.26 bits per heavy atom. The first-order valence-corrected chi connectivity index (χ1v) is 13.1. The molecule has 0 fully saturated rings. The van der Waals surface area contributed by atoms with Crippen LogP contribution in [0.15, 0.2) is 62.3 Å². The van der Waals surface area contributed by atoms with Crippen LogP contribution in [0, 0.1) is 0 Å². The van der Waals surface area contributed by atoms with Gasteiger partial charge >= 0.3 is 0 Å². The molecule has 4 aromatic rings. The summed E-state index contributed by atoms with van der Waals surface area (Å²) in [6.45, 7) is 0. The highest BCUT2D eigenvalue weighted by molar-refractivity contribution is 9.10. The van der Waals surface area contributed by atoms with Crippen LogP contribution < -0.4 is 5.56 Å². The van der Waals surface area contributed by atoms with Crippen molar-refractivity contribution in [1.29, 1.82) is 0 Å². The summed E-state index contributed by atoms with van der Waals surface area (Å²) in [6.07, 6.45) is 5.97. The van der Waals surface area contributed by atoms with Crippen molar-refractivity contribution in [2.45, 2.75) is 38.5 Å². The van der Waals surface area contributed by atoms with Crippen molar-refractivity contribution in [2.24, 2.45) is 0 Å².